The molecular weight excluding hydrogens is 364 g/mol. The minimum absolute atomic E-state index is 0.0146. The molecule has 5 rings (SSSR count). The number of aryl methyl sites for hydroxylation is 1. The molecule has 0 radical (unpaired) electrons. The monoisotopic (exact) mass is 382 g/mol. The third kappa shape index (κ3) is 2.59. The molecule has 0 spiro atoms. The Morgan fingerprint density at radius 1 is 1.30 bits per heavy atom. The lowest BCUT2D eigenvalue weighted by Gasteiger charge is -2.37. The molecule has 0 aromatic carbocycles. The molecule has 8 heteroatoms. The van der Waals surface area contributed by atoms with Crippen molar-refractivity contribution in [1.29, 1.82) is 0 Å². The van der Waals surface area contributed by atoms with Crippen LogP contribution in [0.4, 0.5) is 0 Å². The molecule has 3 aromatic heterocycles. The number of aromatic nitrogens is 2. The number of rotatable bonds is 3. The van der Waals surface area contributed by atoms with Crippen molar-refractivity contribution in [3.8, 4) is 0 Å². The SMILES string of the molecule is Cc1nc(CN2C(=O)c3cccn3[C@@H]3CN(C(=O)c4ccco4)C[C@@H]32)cs1. The summed E-state index contributed by atoms with van der Waals surface area (Å²) in [5, 5.41) is 2.97. The summed E-state index contributed by atoms with van der Waals surface area (Å²) < 4.78 is 7.28. The minimum atomic E-state index is -0.139. The number of likely N-dealkylation sites (tertiary alicyclic amines) is 1. The molecule has 0 unspecified atom stereocenters. The zero-order valence-electron chi connectivity index (χ0n) is 14.7. The number of carbonyl (C=O) groups excluding carboxylic acids is 2. The van der Waals surface area contributed by atoms with Gasteiger partial charge in [0.05, 0.1) is 35.6 Å². The van der Waals surface area contributed by atoms with E-state index in [-0.39, 0.29) is 23.9 Å². The van der Waals surface area contributed by atoms with E-state index in [1.165, 1.54) is 6.26 Å². The first-order chi connectivity index (χ1) is 13.1. The van der Waals surface area contributed by atoms with Gasteiger partial charge in [-0.2, -0.15) is 0 Å². The highest BCUT2D eigenvalue weighted by molar-refractivity contribution is 7.09. The predicted molar refractivity (Wildman–Crippen MR) is 98.6 cm³/mol. The van der Waals surface area contributed by atoms with Crippen LogP contribution in [-0.2, 0) is 6.54 Å². The van der Waals surface area contributed by atoms with Crippen LogP contribution < -0.4 is 0 Å². The van der Waals surface area contributed by atoms with Gasteiger partial charge in [-0.15, -0.1) is 11.3 Å². The van der Waals surface area contributed by atoms with Gasteiger partial charge in [0.25, 0.3) is 11.8 Å². The van der Waals surface area contributed by atoms with Crippen molar-refractivity contribution in [3.05, 3.63) is 64.3 Å². The Hall–Kier alpha value is -2.87. The molecule has 0 bridgehead atoms. The van der Waals surface area contributed by atoms with Crippen LogP contribution >= 0.6 is 11.3 Å². The number of amides is 2. The van der Waals surface area contributed by atoms with E-state index in [9.17, 15) is 9.59 Å². The Morgan fingerprint density at radius 2 is 2.15 bits per heavy atom. The highest BCUT2D eigenvalue weighted by Crippen LogP contribution is 2.35. The molecule has 0 N–H and O–H groups in total. The van der Waals surface area contributed by atoms with Crippen LogP contribution in [0.5, 0.6) is 0 Å². The molecule has 0 aliphatic carbocycles. The normalized spacial score (nSPS) is 21.4. The van der Waals surface area contributed by atoms with Crippen LogP contribution in [0.1, 0.15) is 37.8 Å². The summed E-state index contributed by atoms with van der Waals surface area (Å²) in [4.78, 5) is 34.0. The second-order valence-corrected chi connectivity index (χ2v) is 7.98. The van der Waals surface area contributed by atoms with Crippen molar-refractivity contribution >= 4 is 23.2 Å². The summed E-state index contributed by atoms with van der Waals surface area (Å²) in [6.45, 7) is 3.44. The van der Waals surface area contributed by atoms with Crippen LogP contribution in [0.15, 0.2) is 46.5 Å². The van der Waals surface area contributed by atoms with Crippen molar-refractivity contribution < 1.29 is 14.0 Å². The second-order valence-electron chi connectivity index (χ2n) is 6.91. The Bertz CT molecular complexity index is 1010. The summed E-state index contributed by atoms with van der Waals surface area (Å²) in [5.41, 5.74) is 1.55. The van der Waals surface area contributed by atoms with E-state index in [0.717, 1.165) is 10.7 Å². The van der Waals surface area contributed by atoms with Crippen LogP contribution in [0.25, 0.3) is 0 Å². The van der Waals surface area contributed by atoms with Crippen LogP contribution in [-0.4, -0.2) is 50.3 Å². The summed E-state index contributed by atoms with van der Waals surface area (Å²) in [6.07, 6.45) is 3.43. The molecule has 2 aliphatic heterocycles. The van der Waals surface area contributed by atoms with E-state index >= 15 is 0 Å². The van der Waals surface area contributed by atoms with Gasteiger partial charge < -0.3 is 18.8 Å². The molecule has 2 amide bonds. The number of fused-ring (bicyclic) bond motifs is 3. The number of carbonyl (C=O) groups is 2. The molecule has 2 atom stereocenters. The molecular formula is C19H18N4O3S. The summed E-state index contributed by atoms with van der Waals surface area (Å²) in [7, 11) is 0. The summed E-state index contributed by atoms with van der Waals surface area (Å²) >= 11 is 1.58. The fourth-order valence-electron chi connectivity index (χ4n) is 4.08. The van der Waals surface area contributed by atoms with Crippen LogP contribution in [0.3, 0.4) is 0 Å². The third-order valence-corrected chi connectivity index (χ3v) is 6.12. The van der Waals surface area contributed by atoms with Gasteiger partial charge in [0.1, 0.15) is 5.69 Å². The number of thiazole rings is 1. The number of furan rings is 1. The molecule has 1 fully saturated rings. The number of hydrogen-bond acceptors (Lipinski definition) is 5. The first-order valence-corrected chi connectivity index (χ1v) is 9.71. The average molecular weight is 382 g/mol. The Balaban J connectivity index is 1.48. The van der Waals surface area contributed by atoms with Gasteiger partial charge in [0, 0.05) is 24.7 Å². The summed E-state index contributed by atoms with van der Waals surface area (Å²) in [6, 6.07) is 7.06. The molecule has 27 heavy (non-hydrogen) atoms. The number of nitrogens with zero attached hydrogens (tertiary/aromatic N) is 4. The van der Waals surface area contributed by atoms with Gasteiger partial charge in [-0.3, -0.25) is 9.59 Å². The minimum Gasteiger partial charge on any atom is -0.459 e. The van der Waals surface area contributed by atoms with E-state index in [2.05, 4.69) is 4.98 Å². The molecule has 7 nitrogen and oxygen atoms in total. The molecule has 0 saturated carbocycles. The lowest BCUT2D eigenvalue weighted by atomic mass is 10.1. The Labute approximate surface area is 159 Å². The maximum absolute atomic E-state index is 13.1. The van der Waals surface area contributed by atoms with Crippen LogP contribution in [0.2, 0.25) is 0 Å². The largest absolute Gasteiger partial charge is 0.459 e. The van der Waals surface area contributed by atoms with Gasteiger partial charge in [0.15, 0.2) is 5.76 Å². The zero-order chi connectivity index (χ0) is 18.5. The van der Waals surface area contributed by atoms with Crippen LogP contribution in [0, 0.1) is 6.92 Å². The Morgan fingerprint density at radius 3 is 2.89 bits per heavy atom. The van der Waals surface area contributed by atoms with E-state index in [4.69, 9.17) is 4.42 Å². The van der Waals surface area contributed by atoms with Gasteiger partial charge in [0.2, 0.25) is 0 Å². The van der Waals surface area contributed by atoms with Crippen molar-refractivity contribution in [1.82, 2.24) is 19.4 Å². The second kappa shape index (κ2) is 6.09. The third-order valence-electron chi connectivity index (χ3n) is 5.29. The molecule has 5 heterocycles. The van der Waals surface area contributed by atoms with Crippen molar-refractivity contribution in [2.24, 2.45) is 0 Å². The van der Waals surface area contributed by atoms with E-state index in [0.29, 0.717) is 31.1 Å². The van der Waals surface area contributed by atoms with Crippen molar-refractivity contribution in [3.63, 3.8) is 0 Å². The fourth-order valence-corrected chi connectivity index (χ4v) is 4.68. The van der Waals surface area contributed by atoms with E-state index < -0.39 is 0 Å². The zero-order valence-corrected chi connectivity index (χ0v) is 15.6. The number of hydrogen-bond donors (Lipinski definition) is 0. The lowest BCUT2D eigenvalue weighted by Crippen LogP contribution is -2.49. The highest BCUT2D eigenvalue weighted by Gasteiger charge is 2.46. The van der Waals surface area contributed by atoms with Crippen molar-refractivity contribution in [2.75, 3.05) is 13.1 Å². The highest BCUT2D eigenvalue weighted by atomic mass is 32.1. The lowest BCUT2D eigenvalue weighted by molar-refractivity contribution is 0.0546. The smallest absolute Gasteiger partial charge is 0.289 e. The van der Waals surface area contributed by atoms with Crippen molar-refractivity contribution in [2.45, 2.75) is 25.6 Å². The Kier molecular flexibility index (Phi) is 3.68. The maximum atomic E-state index is 13.1. The molecule has 138 valence electrons. The average Bonchev–Trinajstić information content (AvgIpc) is 3.44. The predicted octanol–water partition coefficient (Wildman–Crippen LogP) is 2.57. The quantitative estimate of drug-likeness (QED) is 0.698. The molecule has 3 aromatic rings. The van der Waals surface area contributed by atoms with Gasteiger partial charge in [-0.05, 0) is 31.2 Å². The first kappa shape index (κ1) is 16.3. The summed E-state index contributed by atoms with van der Waals surface area (Å²) in [5.74, 6) is 0.175. The van der Waals surface area contributed by atoms with Gasteiger partial charge in [-0.25, -0.2) is 4.98 Å². The van der Waals surface area contributed by atoms with Gasteiger partial charge in [-0.1, -0.05) is 0 Å². The maximum Gasteiger partial charge on any atom is 0.289 e. The molecule has 1 saturated heterocycles. The molecule has 2 aliphatic rings. The van der Waals surface area contributed by atoms with Gasteiger partial charge >= 0.3 is 0 Å². The van der Waals surface area contributed by atoms with E-state index in [1.807, 2.05) is 40.1 Å². The fraction of sp³-hybridized carbons (Fsp3) is 0.316. The van der Waals surface area contributed by atoms with E-state index in [1.54, 1.807) is 28.4 Å². The first-order valence-electron chi connectivity index (χ1n) is 8.83. The standard InChI is InChI=1S/C19H18N4O3S/c1-12-20-13(11-27-12)8-23-16-10-21(19(25)17-5-3-7-26-17)9-15(16)22-6-2-4-14(22)18(23)24/h2-7,11,15-16H,8-10H2,1H3/t15-,16+/m1/s1. The topological polar surface area (TPSA) is 71.6 Å².